The zero-order valence-electron chi connectivity index (χ0n) is 14.3. The maximum Gasteiger partial charge on any atom is 0.261 e. The maximum atomic E-state index is 12.7. The Morgan fingerprint density at radius 3 is 2.50 bits per heavy atom. The molecule has 1 heterocycles. The molecule has 26 heavy (non-hydrogen) atoms. The van der Waals surface area contributed by atoms with E-state index < -0.39 is 10.0 Å². The molecule has 1 aliphatic heterocycles. The Morgan fingerprint density at radius 2 is 1.85 bits per heavy atom. The number of rotatable bonds is 4. The molecule has 1 saturated carbocycles. The van der Waals surface area contributed by atoms with Crippen LogP contribution >= 0.6 is 11.6 Å². The smallest absolute Gasteiger partial charge is 0.261 e. The first-order valence-electron chi connectivity index (χ1n) is 8.59. The van der Waals surface area contributed by atoms with E-state index in [1.165, 1.54) is 0 Å². The van der Waals surface area contributed by atoms with Crippen molar-refractivity contribution in [3.05, 3.63) is 53.1 Å². The second-order valence-electron chi connectivity index (χ2n) is 6.94. The highest BCUT2D eigenvalue weighted by atomic mass is 35.5. The van der Waals surface area contributed by atoms with Crippen molar-refractivity contribution in [1.29, 1.82) is 0 Å². The van der Waals surface area contributed by atoms with Gasteiger partial charge in [0.05, 0.1) is 4.90 Å². The lowest BCUT2D eigenvalue weighted by atomic mass is 10.1. The van der Waals surface area contributed by atoms with Crippen LogP contribution in [0, 0.1) is 5.92 Å². The highest BCUT2D eigenvalue weighted by Crippen LogP contribution is 2.39. The van der Waals surface area contributed by atoms with Crippen LogP contribution in [-0.2, 0) is 21.2 Å². The topological polar surface area (TPSA) is 66.5 Å². The van der Waals surface area contributed by atoms with E-state index in [2.05, 4.69) is 4.72 Å². The SMILES string of the molecule is CC1Cc2cc(S(=O)(=O)Nc3ccc(Cl)cc3)ccc2N1C(=O)C1CC1. The van der Waals surface area contributed by atoms with Crippen LogP contribution in [0.1, 0.15) is 25.3 Å². The van der Waals surface area contributed by atoms with E-state index in [1.807, 2.05) is 11.8 Å². The highest BCUT2D eigenvalue weighted by Gasteiger charge is 2.39. The molecular weight excluding hydrogens is 372 g/mol. The standard InChI is InChI=1S/C19H19ClN2O3S/c1-12-10-14-11-17(8-9-18(14)22(12)19(23)13-2-3-13)26(24,25)21-16-6-4-15(20)5-7-16/h4-9,11-13,21H,2-3,10H2,1H3. The number of sulfonamides is 1. The molecule has 1 fully saturated rings. The van der Waals surface area contributed by atoms with Crippen molar-refractivity contribution in [2.45, 2.75) is 37.1 Å². The lowest BCUT2D eigenvalue weighted by molar-refractivity contribution is -0.120. The van der Waals surface area contributed by atoms with Gasteiger partial charge in [-0.3, -0.25) is 9.52 Å². The van der Waals surface area contributed by atoms with Crippen LogP contribution in [0.15, 0.2) is 47.4 Å². The second-order valence-corrected chi connectivity index (χ2v) is 9.06. The summed E-state index contributed by atoms with van der Waals surface area (Å²) in [7, 11) is -3.70. The van der Waals surface area contributed by atoms with Crippen LogP contribution in [0.5, 0.6) is 0 Å². The van der Waals surface area contributed by atoms with Crippen molar-refractivity contribution in [2.75, 3.05) is 9.62 Å². The fraction of sp³-hybridized carbons (Fsp3) is 0.316. The molecule has 0 radical (unpaired) electrons. The molecule has 2 aliphatic rings. The summed E-state index contributed by atoms with van der Waals surface area (Å²) in [6.45, 7) is 2.00. The molecule has 0 spiro atoms. The number of hydrogen-bond donors (Lipinski definition) is 1. The monoisotopic (exact) mass is 390 g/mol. The molecule has 1 amide bonds. The van der Waals surface area contributed by atoms with Crippen molar-refractivity contribution in [2.24, 2.45) is 5.92 Å². The van der Waals surface area contributed by atoms with Gasteiger partial charge < -0.3 is 4.90 Å². The minimum Gasteiger partial charge on any atom is -0.309 e. The summed E-state index contributed by atoms with van der Waals surface area (Å²) < 4.78 is 27.9. The zero-order chi connectivity index (χ0) is 18.5. The maximum absolute atomic E-state index is 12.7. The molecule has 1 N–H and O–H groups in total. The van der Waals surface area contributed by atoms with Gasteiger partial charge in [-0.15, -0.1) is 0 Å². The summed E-state index contributed by atoms with van der Waals surface area (Å²) in [6.07, 6.45) is 2.57. The van der Waals surface area contributed by atoms with E-state index >= 15 is 0 Å². The molecule has 1 atom stereocenters. The first kappa shape index (κ1) is 17.4. The Balaban J connectivity index is 1.62. The van der Waals surface area contributed by atoms with Gasteiger partial charge in [0.2, 0.25) is 5.91 Å². The van der Waals surface area contributed by atoms with Gasteiger partial charge in [0.15, 0.2) is 0 Å². The van der Waals surface area contributed by atoms with Gasteiger partial charge in [-0.05, 0) is 74.2 Å². The molecule has 0 bridgehead atoms. The number of carbonyl (C=O) groups is 1. The fourth-order valence-electron chi connectivity index (χ4n) is 3.37. The number of fused-ring (bicyclic) bond motifs is 1. The molecular formula is C19H19ClN2O3S. The van der Waals surface area contributed by atoms with Gasteiger partial charge in [0.1, 0.15) is 0 Å². The second kappa shape index (κ2) is 6.28. The highest BCUT2D eigenvalue weighted by molar-refractivity contribution is 7.92. The Hall–Kier alpha value is -2.05. The minimum absolute atomic E-state index is 0.0558. The van der Waals surface area contributed by atoms with E-state index in [1.54, 1.807) is 42.5 Å². The molecule has 1 unspecified atom stereocenters. The summed E-state index contributed by atoms with van der Waals surface area (Å²) in [5.41, 5.74) is 2.18. The van der Waals surface area contributed by atoms with Gasteiger partial charge in [-0.1, -0.05) is 11.6 Å². The third-order valence-electron chi connectivity index (χ3n) is 4.84. The van der Waals surface area contributed by atoms with E-state index in [4.69, 9.17) is 11.6 Å². The van der Waals surface area contributed by atoms with Crippen LogP contribution in [0.3, 0.4) is 0 Å². The Bertz CT molecular complexity index is 969. The predicted molar refractivity (Wildman–Crippen MR) is 102 cm³/mol. The molecule has 7 heteroatoms. The van der Waals surface area contributed by atoms with E-state index in [0.29, 0.717) is 17.1 Å². The molecule has 136 valence electrons. The summed E-state index contributed by atoms with van der Waals surface area (Å²) >= 11 is 5.83. The fourth-order valence-corrected chi connectivity index (χ4v) is 4.60. The number of amides is 1. The average molecular weight is 391 g/mol. The number of nitrogens with zero attached hydrogens (tertiary/aromatic N) is 1. The van der Waals surface area contributed by atoms with Crippen molar-refractivity contribution >= 4 is 38.9 Å². The summed E-state index contributed by atoms with van der Waals surface area (Å²) in [5, 5.41) is 0.542. The first-order valence-corrected chi connectivity index (χ1v) is 10.5. The molecule has 2 aromatic carbocycles. The van der Waals surface area contributed by atoms with Crippen LogP contribution < -0.4 is 9.62 Å². The average Bonchev–Trinajstić information content (AvgIpc) is 3.38. The number of hydrogen-bond acceptors (Lipinski definition) is 3. The van der Waals surface area contributed by atoms with Crippen LogP contribution in [0.25, 0.3) is 0 Å². The summed E-state index contributed by atoms with van der Waals surface area (Å²) in [4.78, 5) is 14.5. The van der Waals surface area contributed by atoms with E-state index in [0.717, 1.165) is 24.1 Å². The van der Waals surface area contributed by atoms with Crippen LogP contribution in [0.4, 0.5) is 11.4 Å². The van der Waals surface area contributed by atoms with Crippen molar-refractivity contribution in [1.82, 2.24) is 0 Å². The Labute approximate surface area is 158 Å². The van der Waals surface area contributed by atoms with Crippen molar-refractivity contribution in [3.8, 4) is 0 Å². The summed E-state index contributed by atoms with van der Waals surface area (Å²) in [5.74, 6) is 0.296. The molecule has 1 aliphatic carbocycles. The third kappa shape index (κ3) is 3.19. The van der Waals surface area contributed by atoms with E-state index in [9.17, 15) is 13.2 Å². The minimum atomic E-state index is -3.70. The van der Waals surface area contributed by atoms with Gasteiger partial charge in [-0.25, -0.2) is 8.42 Å². The third-order valence-corrected chi connectivity index (χ3v) is 6.47. The van der Waals surface area contributed by atoms with Gasteiger partial charge >= 0.3 is 0 Å². The molecule has 5 nitrogen and oxygen atoms in total. The zero-order valence-corrected chi connectivity index (χ0v) is 15.8. The van der Waals surface area contributed by atoms with Crippen LogP contribution in [0.2, 0.25) is 5.02 Å². The largest absolute Gasteiger partial charge is 0.309 e. The molecule has 2 aromatic rings. The number of benzene rings is 2. The Kier molecular flexibility index (Phi) is 4.20. The summed E-state index contributed by atoms with van der Waals surface area (Å²) in [6, 6.07) is 11.5. The molecule has 0 saturated heterocycles. The number of carbonyl (C=O) groups excluding carboxylic acids is 1. The van der Waals surface area contributed by atoms with Crippen LogP contribution in [-0.4, -0.2) is 20.4 Å². The lowest BCUT2D eigenvalue weighted by Gasteiger charge is -2.22. The first-order chi connectivity index (χ1) is 12.3. The van der Waals surface area contributed by atoms with E-state index in [-0.39, 0.29) is 22.8 Å². The Morgan fingerprint density at radius 1 is 1.15 bits per heavy atom. The van der Waals surface area contributed by atoms with Gasteiger partial charge in [0.25, 0.3) is 10.0 Å². The number of nitrogens with one attached hydrogen (secondary N) is 1. The van der Waals surface area contributed by atoms with Gasteiger partial charge in [-0.2, -0.15) is 0 Å². The molecule has 0 aromatic heterocycles. The predicted octanol–water partition coefficient (Wildman–Crippen LogP) is 3.83. The lowest BCUT2D eigenvalue weighted by Crippen LogP contribution is -2.36. The van der Waals surface area contributed by atoms with Gasteiger partial charge in [0, 0.05) is 28.4 Å². The van der Waals surface area contributed by atoms with Crippen molar-refractivity contribution < 1.29 is 13.2 Å². The number of halogens is 1. The van der Waals surface area contributed by atoms with Crippen molar-refractivity contribution in [3.63, 3.8) is 0 Å². The normalized spacial score (nSPS) is 19.3. The quantitative estimate of drug-likeness (QED) is 0.862. The molecule has 4 rings (SSSR count). The number of anilines is 2.